The SMILES string of the molecule is C=C1/C(=C\C=C2/CCC[C@]3(C)[C@@H](C(C)CN4CCC(O)(C(F)(F)F)CC4)CC[C@@H]23)C[C@@H](O)[C@H](C)[C@@H]1O. The van der Waals surface area contributed by atoms with Crippen molar-refractivity contribution in [2.24, 2.45) is 29.1 Å². The van der Waals surface area contributed by atoms with Gasteiger partial charge in [0.1, 0.15) is 0 Å². The first kappa shape index (κ1) is 27.9. The van der Waals surface area contributed by atoms with Crippen molar-refractivity contribution >= 4 is 0 Å². The van der Waals surface area contributed by atoms with Crippen molar-refractivity contribution in [3.63, 3.8) is 0 Å². The molecule has 1 aliphatic heterocycles. The van der Waals surface area contributed by atoms with Gasteiger partial charge in [-0.1, -0.05) is 45.1 Å². The van der Waals surface area contributed by atoms with Gasteiger partial charge in [0.25, 0.3) is 0 Å². The number of allylic oxidation sites excluding steroid dienone is 3. The standard InChI is InChI=1S/C29H44F3NO3/c1-18(17-33-14-12-28(36,13-15-33)29(30,31)32)23-9-10-24-21(6-5-11-27(23,24)4)7-8-22-16-25(34)20(3)26(35)19(22)2/h7-8,18,20,23-26,34-36H,2,5-6,9-17H2,1,3-4H3/b21-7+,22-8-/t18?,20-,23+,24-,25+,26+,27+/m0/s1. The van der Waals surface area contributed by atoms with Gasteiger partial charge in [0.05, 0.1) is 12.2 Å². The molecule has 0 radical (unpaired) electrons. The molecule has 36 heavy (non-hydrogen) atoms. The molecule has 4 rings (SSSR count). The number of hydrogen-bond donors (Lipinski definition) is 3. The van der Waals surface area contributed by atoms with E-state index in [1.165, 1.54) is 5.57 Å². The van der Waals surface area contributed by atoms with Crippen LogP contribution in [0.15, 0.2) is 35.5 Å². The van der Waals surface area contributed by atoms with E-state index in [2.05, 4.69) is 37.5 Å². The molecule has 204 valence electrons. The van der Waals surface area contributed by atoms with E-state index in [4.69, 9.17) is 0 Å². The molecule has 0 amide bonds. The molecule has 0 bridgehead atoms. The number of hydrogen-bond acceptors (Lipinski definition) is 4. The maximum atomic E-state index is 13.2. The Hall–Kier alpha value is -1.15. The Morgan fingerprint density at radius 2 is 1.81 bits per heavy atom. The van der Waals surface area contributed by atoms with Crippen LogP contribution in [0.3, 0.4) is 0 Å². The molecule has 0 spiro atoms. The molecule has 7 atom stereocenters. The second-order valence-corrected chi connectivity index (χ2v) is 12.4. The number of nitrogens with zero attached hydrogens (tertiary/aromatic N) is 1. The van der Waals surface area contributed by atoms with Crippen molar-refractivity contribution in [1.29, 1.82) is 0 Å². The zero-order chi connectivity index (χ0) is 26.5. The first-order valence-electron chi connectivity index (χ1n) is 13.7. The number of likely N-dealkylation sites (tertiary alicyclic amines) is 1. The Balaban J connectivity index is 1.42. The van der Waals surface area contributed by atoms with E-state index in [1.54, 1.807) is 0 Å². The minimum atomic E-state index is -4.56. The molecule has 3 aliphatic carbocycles. The quantitative estimate of drug-likeness (QED) is 0.473. The van der Waals surface area contributed by atoms with Crippen molar-refractivity contribution in [2.75, 3.05) is 19.6 Å². The molecule has 1 saturated heterocycles. The van der Waals surface area contributed by atoms with Crippen LogP contribution in [-0.4, -0.2) is 63.8 Å². The zero-order valence-electron chi connectivity index (χ0n) is 22.0. The fraction of sp³-hybridized carbons (Fsp3) is 0.793. The lowest BCUT2D eigenvalue weighted by Crippen LogP contribution is -2.54. The van der Waals surface area contributed by atoms with Gasteiger partial charge >= 0.3 is 6.18 Å². The van der Waals surface area contributed by atoms with Crippen molar-refractivity contribution in [2.45, 2.75) is 96.1 Å². The summed E-state index contributed by atoms with van der Waals surface area (Å²) in [4.78, 5) is 2.11. The van der Waals surface area contributed by atoms with E-state index in [-0.39, 0.29) is 37.3 Å². The average molecular weight is 512 g/mol. The highest BCUT2D eigenvalue weighted by molar-refractivity contribution is 5.39. The number of aliphatic hydroxyl groups is 3. The summed E-state index contributed by atoms with van der Waals surface area (Å²) in [7, 11) is 0. The van der Waals surface area contributed by atoms with Crippen LogP contribution in [0.2, 0.25) is 0 Å². The van der Waals surface area contributed by atoms with Gasteiger partial charge in [-0.2, -0.15) is 13.2 Å². The number of rotatable bonds is 4. The molecule has 1 heterocycles. The summed E-state index contributed by atoms with van der Waals surface area (Å²) in [5.74, 6) is 1.16. The molecule has 7 heteroatoms. The molecule has 3 saturated carbocycles. The monoisotopic (exact) mass is 511 g/mol. The first-order chi connectivity index (χ1) is 16.8. The third-order valence-electron chi connectivity index (χ3n) is 10.3. The number of aliphatic hydroxyl groups excluding tert-OH is 2. The van der Waals surface area contributed by atoms with Crippen LogP contribution < -0.4 is 0 Å². The summed E-state index contributed by atoms with van der Waals surface area (Å²) < 4.78 is 39.6. The second-order valence-electron chi connectivity index (χ2n) is 12.4. The highest BCUT2D eigenvalue weighted by Crippen LogP contribution is 2.59. The molecule has 0 aromatic rings. The highest BCUT2D eigenvalue weighted by atomic mass is 19.4. The Morgan fingerprint density at radius 1 is 1.14 bits per heavy atom. The lowest BCUT2D eigenvalue weighted by molar-refractivity contribution is -0.272. The maximum absolute atomic E-state index is 13.2. The number of halogens is 3. The first-order valence-corrected chi connectivity index (χ1v) is 13.7. The fourth-order valence-corrected chi connectivity index (χ4v) is 7.78. The summed E-state index contributed by atoms with van der Waals surface area (Å²) in [6, 6.07) is 0. The summed E-state index contributed by atoms with van der Waals surface area (Å²) in [6.45, 7) is 11.9. The Morgan fingerprint density at radius 3 is 2.44 bits per heavy atom. The zero-order valence-corrected chi connectivity index (χ0v) is 22.0. The van der Waals surface area contributed by atoms with Crippen LogP contribution in [0.5, 0.6) is 0 Å². The molecule has 4 fully saturated rings. The lowest BCUT2D eigenvalue weighted by Gasteiger charge is -2.46. The molecular formula is C29H44F3NO3. The number of fused-ring (bicyclic) bond motifs is 1. The third kappa shape index (κ3) is 5.10. The average Bonchev–Trinajstić information content (AvgIpc) is 3.17. The van der Waals surface area contributed by atoms with Gasteiger partial charge in [-0.05, 0) is 85.7 Å². The van der Waals surface area contributed by atoms with E-state index in [0.29, 0.717) is 29.7 Å². The maximum Gasteiger partial charge on any atom is 0.417 e. The summed E-state index contributed by atoms with van der Waals surface area (Å²) >= 11 is 0. The Bertz CT molecular complexity index is 889. The Kier molecular flexibility index (Phi) is 7.90. The van der Waals surface area contributed by atoms with Gasteiger partial charge in [0, 0.05) is 25.6 Å². The topological polar surface area (TPSA) is 63.9 Å². The van der Waals surface area contributed by atoms with Gasteiger partial charge < -0.3 is 20.2 Å². The lowest BCUT2D eigenvalue weighted by atomic mass is 9.61. The second kappa shape index (κ2) is 10.2. The van der Waals surface area contributed by atoms with Crippen LogP contribution in [-0.2, 0) is 0 Å². The molecule has 3 N–H and O–H groups in total. The van der Waals surface area contributed by atoms with Gasteiger partial charge in [0.15, 0.2) is 5.60 Å². The summed E-state index contributed by atoms with van der Waals surface area (Å²) in [6.07, 6.45) is 4.05. The van der Waals surface area contributed by atoms with Crippen LogP contribution in [0.1, 0.15) is 72.1 Å². The van der Waals surface area contributed by atoms with Crippen LogP contribution in [0.4, 0.5) is 13.2 Å². The van der Waals surface area contributed by atoms with Crippen molar-refractivity contribution in [3.05, 3.63) is 35.5 Å². The molecule has 0 aromatic heterocycles. The van der Waals surface area contributed by atoms with Gasteiger partial charge in [-0.3, -0.25) is 0 Å². The van der Waals surface area contributed by atoms with Crippen LogP contribution in [0, 0.1) is 29.1 Å². The number of alkyl halides is 3. The van der Waals surface area contributed by atoms with E-state index >= 15 is 0 Å². The van der Waals surface area contributed by atoms with Crippen molar-refractivity contribution < 1.29 is 28.5 Å². The van der Waals surface area contributed by atoms with E-state index in [1.807, 2.05) is 6.92 Å². The minimum absolute atomic E-state index is 0.168. The molecular weight excluding hydrogens is 467 g/mol. The predicted octanol–water partition coefficient (Wildman–Crippen LogP) is 5.40. The molecule has 4 aliphatic rings. The van der Waals surface area contributed by atoms with Gasteiger partial charge in [-0.25, -0.2) is 0 Å². The highest BCUT2D eigenvalue weighted by Gasteiger charge is 2.55. The molecule has 4 nitrogen and oxygen atoms in total. The van der Waals surface area contributed by atoms with Crippen molar-refractivity contribution in [1.82, 2.24) is 4.90 Å². The summed E-state index contributed by atoms with van der Waals surface area (Å²) in [5.41, 5.74) is 0.707. The van der Waals surface area contributed by atoms with E-state index in [9.17, 15) is 28.5 Å². The van der Waals surface area contributed by atoms with Gasteiger partial charge in [0.2, 0.25) is 0 Å². The molecule has 1 unspecified atom stereocenters. The summed E-state index contributed by atoms with van der Waals surface area (Å²) in [5, 5.41) is 30.7. The Labute approximate surface area is 214 Å². The fourth-order valence-electron chi connectivity index (χ4n) is 7.78. The van der Waals surface area contributed by atoms with E-state index < -0.39 is 24.0 Å². The third-order valence-corrected chi connectivity index (χ3v) is 10.3. The molecule has 0 aromatic carbocycles. The van der Waals surface area contributed by atoms with Crippen LogP contribution >= 0.6 is 0 Å². The smallest absolute Gasteiger partial charge is 0.392 e. The van der Waals surface area contributed by atoms with E-state index in [0.717, 1.165) is 44.2 Å². The van der Waals surface area contributed by atoms with Gasteiger partial charge in [-0.15, -0.1) is 0 Å². The van der Waals surface area contributed by atoms with Crippen molar-refractivity contribution in [3.8, 4) is 0 Å². The van der Waals surface area contributed by atoms with Crippen LogP contribution in [0.25, 0.3) is 0 Å². The minimum Gasteiger partial charge on any atom is -0.392 e. The largest absolute Gasteiger partial charge is 0.417 e. The number of piperidine rings is 1. The predicted molar refractivity (Wildman–Crippen MR) is 135 cm³/mol. The normalized spacial score (nSPS) is 41.0.